The minimum absolute atomic E-state index is 0.749. The summed E-state index contributed by atoms with van der Waals surface area (Å²) in [5.74, 6) is 0. The first kappa shape index (κ1) is 14.8. The van der Waals surface area contributed by atoms with Crippen LogP contribution in [0, 0.1) is 0 Å². The Hall–Kier alpha value is 0.757. The molecule has 86 valence electrons. The van der Waals surface area contributed by atoms with E-state index < -0.39 is 7.66 Å². The maximum absolute atomic E-state index is 5.56. The molecule has 0 bridgehead atoms. The second-order valence-electron chi connectivity index (χ2n) is 3.61. The Labute approximate surface area is 99.3 Å². The van der Waals surface area contributed by atoms with Crippen LogP contribution in [0.2, 0.25) is 0 Å². The van der Waals surface area contributed by atoms with Gasteiger partial charge in [0.25, 0.3) is 0 Å². The molecule has 0 aromatic carbocycles. The van der Waals surface area contributed by atoms with Crippen molar-refractivity contribution < 1.29 is 4.43 Å². The quantitative estimate of drug-likeness (QED) is 0.321. The van der Waals surface area contributed by atoms with Gasteiger partial charge < -0.3 is 4.43 Å². The average Bonchev–Trinajstić information content (AvgIpc) is 2.15. The molecule has 0 aliphatic heterocycles. The van der Waals surface area contributed by atoms with Crippen molar-refractivity contribution in [2.24, 2.45) is 0 Å². The summed E-state index contributed by atoms with van der Waals surface area (Å²) in [5, 5.41) is 0. The Morgan fingerprint density at radius 3 is 1.86 bits per heavy atom. The molecule has 0 spiro atoms. The smallest absolute Gasteiger partial charge is 0.373 e. The lowest BCUT2D eigenvalue weighted by Gasteiger charge is -2.03. The molecule has 0 aromatic rings. The zero-order valence-electron chi connectivity index (χ0n) is 9.11. The van der Waals surface area contributed by atoms with Crippen LogP contribution in [0.4, 0.5) is 0 Å². The molecular formula is C10H22Cl2OSi. The second-order valence-corrected chi connectivity index (χ2v) is 7.51. The maximum atomic E-state index is 5.56. The van der Waals surface area contributed by atoms with E-state index in [9.17, 15) is 0 Å². The highest BCUT2D eigenvalue weighted by Gasteiger charge is 2.00. The molecule has 0 atom stereocenters. The first-order valence-electron chi connectivity index (χ1n) is 5.67. The SMILES string of the molecule is CCCCCCCCCCO[SiH](Cl)Cl. The first-order chi connectivity index (χ1) is 6.77. The van der Waals surface area contributed by atoms with E-state index in [1.165, 1.54) is 44.9 Å². The third-order valence-corrected chi connectivity index (χ3v) is 3.49. The Morgan fingerprint density at radius 1 is 0.857 bits per heavy atom. The van der Waals surface area contributed by atoms with Crippen LogP contribution >= 0.6 is 22.2 Å². The standard InChI is InChI=1S/C10H22Cl2OSi/c1-2-3-4-5-6-7-8-9-10-13-14(11)12/h14H,2-10H2,1H3. The summed E-state index contributed by atoms with van der Waals surface area (Å²) < 4.78 is 5.16. The summed E-state index contributed by atoms with van der Waals surface area (Å²) in [6, 6.07) is 0. The minimum Gasteiger partial charge on any atom is -0.395 e. The van der Waals surface area contributed by atoms with E-state index in [2.05, 4.69) is 6.92 Å². The fourth-order valence-corrected chi connectivity index (χ4v) is 2.29. The van der Waals surface area contributed by atoms with Crippen molar-refractivity contribution >= 4 is 29.8 Å². The highest BCUT2D eigenvalue weighted by molar-refractivity contribution is 7.30. The molecule has 0 amide bonds. The van der Waals surface area contributed by atoms with Crippen LogP contribution < -0.4 is 0 Å². The predicted molar refractivity (Wildman–Crippen MR) is 67.4 cm³/mol. The molecule has 0 aliphatic rings. The van der Waals surface area contributed by atoms with Crippen LogP contribution in [0.15, 0.2) is 0 Å². The van der Waals surface area contributed by atoms with E-state index in [1.54, 1.807) is 0 Å². The van der Waals surface area contributed by atoms with Crippen molar-refractivity contribution in [3.05, 3.63) is 0 Å². The lowest BCUT2D eigenvalue weighted by Crippen LogP contribution is -2.03. The predicted octanol–water partition coefficient (Wildman–Crippen LogP) is 4.34. The van der Waals surface area contributed by atoms with Gasteiger partial charge in [-0.1, -0.05) is 51.9 Å². The van der Waals surface area contributed by atoms with Gasteiger partial charge in [0.1, 0.15) is 0 Å². The molecule has 4 heteroatoms. The summed E-state index contributed by atoms with van der Waals surface area (Å²) in [5.41, 5.74) is 0. The third kappa shape index (κ3) is 12.8. The number of unbranched alkanes of at least 4 members (excludes halogenated alkanes) is 7. The van der Waals surface area contributed by atoms with Crippen LogP contribution in [0.25, 0.3) is 0 Å². The number of rotatable bonds is 10. The van der Waals surface area contributed by atoms with Crippen LogP contribution in [-0.4, -0.2) is 14.3 Å². The van der Waals surface area contributed by atoms with E-state index in [-0.39, 0.29) is 0 Å². The molecule has 0 rings (SSSR count). The molecule has 14 heavy (non-hydrogen) atoms. The Morgan fingerprint density at radius 2 is 1.36 bits per heavy atom. The lowest BCUT2D eigenvalue weighted by molar-refractivity contribution is 0.324. The van der Waals surface area contributed by atoms with Gasteiger partial charge in [-0.3, -0.25) is 0 Å². The van der Waals surface area contributed by atoms with Crippen molar-refractivity contribution in [1.82, 2.24) is 0 Å². The molecule has 0 aromatic heterocycles. The Kier molecular flexibility index (Phi) is 12.5. The normalized spacial score (nSPS) is 11.1. The van der Waals surface area contributed by atoms with Crippen LogP contribution in [-0.2, 0) is 4.43 Å². The van der Waals surface area contributed by atoms with Crippen molar-refractivity contribution in [1.29, 1.82) is 0 Å². The van der Waals surface area contributed by atoms with Gasteiger partial charge in [0.2, 0.25) is 0 Å². The molecular weight excluding hydrogens is 235 g/mol. The van der Waals surface area contributed by atoms with Gasteiger partial charge in [-0.25, -0.2) is 0 Å². The Bertz CT molecular complexity index is 112. The van der Waals surface area contributed by atoms with E-state index in [0.29, 0.717) is 0 Å². The number of hydrogen-bond donors (Lipinski definition) is 0. The summed E-state index contributed by atoms with van der Waals surface area (Å²) in [7, 11) is -1.80. The zero-order chi connectivity index (χ0) is 10.6. The second kappa shape index (κ2) is 11.8. The van der Waals surface area contributed by atoms with Gasteiger partial charge in [0.05, 0.1) is 0 Å². The fraction of sp³-hybridized carbons (Fsp3) is 1.00. The van der Waals surface area contributed by atoms with Gasteiger partial charge >= 0.3 is 7.66 Å². The largest absolute Gasteiger partial charge is 0.395 e. The number of hydrogen-bond acceptors (Lipinski definition) is 1. The van der Waals surface area contributed by atoms with Crippen molar-refractivity contribution in [3.8, 4) is 0 Å². The maximum Gasteiger partial charge on any atom is 0.373 e. The first-order valence-corrected chi connectivity index (χ1v) is 9.63. The third-order valence-electron chi connectivity index (χ3n) is 2.24. The Balaban J connectivity index is 2.85. The average molecular weight is 257 g/mol. The molecule has 0 heterocycles. The molecule has 0 unspecified atom stereocenters. The van der Waals surface area contributed by atoms with Crippen molar-refractivity contribution in [2.75, 3.05) is 6.61 Å². The molecule has 1 nitrogen and oxygen atoms in total. The summed E-state index contributed by atoms with van der Waals surface area (Å²) in [6.45, 7) is 2.99. The monoisotopic (exact) mass is 256 g/mol. The summed E-state index contributed by atoms with van der Waals surface area (Å²) in [6.07, 6.45) is 10.5. The highest BCUT2D eigenvalue weighted by atomic mass is 35.7. The fourth-order valence-electron chi connectivity index (χ4n) is 1.41. The molecule has 0 radical (unpaired) electrons. The minimum atomic E-state index is -1.80. The van der Waals surface area contributed by atoms with Gasteiger partial charge in [-0.15, -0.1) is 22.2 Å². The van der Waals surface area contributed by atoms with Crippen LogP contribution in [0.5, 0.6) is 0 Å². The number of halogens is 2. The van der Waals surface area contributed by atoms with Gasteiger partial charge in [0.15, 0.2) is 0 Å². The summed E-state index contributed by atoms with van der Waals surface area (Å²) in [4.78, 5) is 0. The molecule has 0 fully saturated rings. The topological polar surface area (TPSA) is 9.23 Å². The van der Waals surface area contributed by atoms with E-state index in [4.69, 9.17) is 26.6 Å². The summed E-state index contributed by atoms with van der Waals surface area (Å²) >= 11 is 11.1. The van der Waals surface area contributed by atoms with Crippen LogP contribution in [0.1, 0.15) is 58.3 Å². The van der Waals surface area contributed by atoms with Crippen molar-refractivity contribution in [2.45, 2.75) is 58.3 Å². The van der Waals surface area contributed by atoms with Crippen molar-refractivity contribution in [3.63, 3.8) is 0 Å². The van der Waals surface area contributed by atoms with E-state index in [1.807, 2.05) is 0 Å². The zero-order valence-corrected chi connectivity index (χ0v) is 11.8. The van der Waals surface area contributed by atoms with Crippen LogP contribution in [0.3, 0.4) is 0 Å². The molecule has 0 saturated carbocycles. The van der Waals surface area contributed by atoms with Gasteiger partial charge in [-0.05, 0) is 6.42 Å². The van der Waals surface area contributed by atoms with Gasteiger partial charge in [0, 0.05) is 6.61 Å². The molecule has 0 aliphatic carbocycles. The van der Waals surface area contributed by atoms with E-state index in [0.717, 1.165) is 13.0 Å². The lowest BCUT2D eigenvalue weighted by atomic mass is 10.1. The van der Waals surface area contributed by atoms with Gasteiger partial charge in [-0.2, -0.15) is 0 Å². The molecule has 0 N–H and O–H groups in total. The van der Waals surface area contributed by atoms with E-state index >= 15 is 0 Å². The molecule has 0 saturated heterocycles. The highest BCUT2D eigenvalue weighted by Crippen LogP contribution is 2.08.